The van der Waals surface area contributed by atoms with Crippen molar-refractivity contribution in [3.8, 4) is 11.3 Å². The molecule has 3 aromatic rings. The maximum Gasteiger partial charge on any atom is 0.418 e. The molecule has 3 rings (SSSR count). The number of rotatable bonds is 3. The molecule has 2 aromatic carbocycles. The molecule has 0 aliphatic rings. The van der Waals surface area contributed by atoms with Gasteiger partial charge in [0, 0.05) is 5.56 Å². The van der Waals surface area contributed by atoms with E-state index in [0.717, 1.165) is 22.8 Å². The van der Waals surface area contributed by atoms with Crippen LogP contribution in [0.4, 0.5) is 18.9 Å². The third kappa shape index (κ3) is 3.64. The highest BCUT2D eigenvalue weighted by atomic mass is 19.4. The van der Waals surface area contributed by atoms with Crippen molar-refractivity contribution in [3.05, 3.63) is 77.0 Å². The minimum atomic E-state index is -4.56. The van der Waals surface area contributed by atoms with E-state index in [1.165, 1.54) is 24.3 Å². The normalized spacial score (nSPS) is 11.4. The Balaban J connectivity index is 1.84. The van der Waals surface area contributed by atoms with Gasteiger partial charge in [0.15, 0.2) is 5.76 Å². The quantitative estimate of drug-likeness (QED) is 0.639. The largest absolute Gasteiger partial charge is 0.451 e. The van der Waals surface area contributed by atoms with E-state index in [1.54, 1.807) is 6.07 Å². The van der Waals surface area contributed by atoms with Crippen LogP contribution < -0.4 is 5.32 Å². The van der Waals surface area contributed by atoms with Crippen LogP contribution in [0.3, 0.4) is 0 Å². The van der Waals surface area contributed by atoms with E-state index in [1.807, 2.05) is 32.0 Å². The molecule has 0 aliphatic carbocycles. The minimum absolute atomic E-state index is 0.0600. The van der Waals surface area contributed by atoms with Crippen LogP contribution in [0.5, 0.6) is 0 Å². The van der Waals surface area contributed by atoms with Gasteiger partial charge < -0.3 is 9.73 Å². The van der Waals surface area contributed by atoms with Gasteiger partial charge in [-0.1, -0.05) is 24.3 Å². The zero-order valence-corrected chi connectivity index (χ0v) is 14.1. The standard InChI is InChI=1S/C20H16F3NO2/c1-12-7-8-14(11-13(12)2)17-9-10-18(26-17)19(25)24-16-6-4-3-5-15(16)20(21,22)23/h3-11H,1-2H3,(H,24,25). The lowest BCUT2D eigenvalue weighted by Crippen LogP contribution is -2.16. The highest BCUT2D eigenvalue weighted by Crippen LogP contribution is 2.35. The Morgan fingerprint density at radius 1 is 0.962 bits per heavy atom. The number of amides is 1. The average molecular weight is 359 g/mol. The van der Waals surface area contributed by atoms with Crippen LogP contribution in [0.25, 0.3) is 11.3 Å². The smallest absolute Gasteiger partial charge is 0.418 e. The highest BCUT2D eigenvalue weighted by Gasteiger charge is 2.33. The lowest BCUT2D eigenvalue weighted by Gasteiger charge is -2.12. The van der Waals surface area contributed by atoms with Crippen molar-refractivity contribution in [1.82, 2.24) is 0 Å². The number of anilines is 1. The molecule has 0 spiro atoms. The predicted molar refractivity (Wildman–Crippen MR) is 93.0 cm³/mol. The predicted octanol–water partition coefficient (Wildman–Crippen LogP) is 5.83. The summed E-state index contributed by atoms with van der Waals surface area (Å²) in [7, 11) is 0. The first-order chi connectivity index (χ1) is 12.3. The monoisotopic (exact) mass is 359 g/mol. The first-order valence-corrected chi connectivity index (χ1v) is 7.91. The molecule has 0 aliphatic heterocycles. The number of carbonyl (C=O) groups excluding carboxylic acids is 1. The van der Waals surface area contributed by atoms with Crippen molar-refractivity contribution in [3.63, 3.8) is 0 Å². The number of hydrogen-bond donors (Lipinski definition) is 1. The van der Waals surface area contributed by atoms with Crippen LogP contribution in [0.1, 0.15) is 27.2 Å². The van der Waals surface area contributed by atoms with Crippen LogP contribution in [0, 0.1) is 13.8 Å². The maximum absolute atomic E-state index is 13.0. The Labute approximate surface area is 148 Å². The lowest BCUT2D eigenvalue weighted by molar-refractivity contribution is -0.136. The van der Waals surface area contributed by atoms with Gasteiger partial charge in [-0.3, -0.25) is 4.79 Å². The molecular weight excluding hydrogens is 343 g/mol. The SMILES string of the molecule is Cc1ccc(-c2ccc(C(=O)Nc3ccccc3C(F)(F)F)o2)cc1C. The zero-order valence-electron chi connectivity index (χ0n) is 14.1. The number of halogens is 3. The number of alkyl halides is 3. The first-order valence-electron chi connectivity index (χ1n) is 7.91. The second-order valence-electron chi connectivity index (χ2n) is 5.96. The molecule has 1 heterocycles. The molecule has 1 N–H and O–H groups in total. The van der Waals surface area contributed by atoms with Gasteiger partial charge >= 0.3 is 6.18 Å². The molecule has 0 bridgehead atoms. The zero-order chi connectivity index (χ0) is 18.9. The molecule has 0 unspecified atom stereocenters. The molecule has 3 nitrogen and oxygen atoms in total. The number of nitrogens with one attached hydrogen (secondary N) is 1. The third-order valence-corrected chi connectivity index (χ3v) is 4.10. The second-order valence-corrected chi connectivity index (χ2v) is 5.96. The van der Waals surface area contributed by atoms with Crippen LogP contribution in [-0.4, -0.2) is 5.91 Å². The van der Waals surface area contributed by atoms with Crippen molar-refractivity contribution < 1.29 is 22.4 Å². The first kappa shape index (κ1) is 17.8. The van der Waals surface area contributed by atoms with Gasteiger partial charge in [-0.2, -0.15) is 13.2 Å². The molecule has 6 heteroatoms. The molecule has 134 valence electrons. The van der Waals surface area contributed by atoms with Crippen LogP contribution in [0.15, 0.2) is 59.0 Å². The van der Waals surface area contributed by atoms with E-state index in [0.29, 0.717) is 5.76 Å². The van der Waals surface area contributed by atoms with Gasteiger partial charge in [0.2, 0.25) is 0 Å². The molecule has 0 saturated carbocycles. The van der Waals surface area contributed by atoms with Crippen molar-refractivity contribution in [2.75, 3.05) is 5.32 Å². The summed E-state index contributed by atoms with van der Waals surface area (Å²) in [5.41, 5.74) is 1.78. The van der Waals surface area contributed by atoms with Crippen LogP contribution in [0.2, 0.25) is 0 Å². The molecular formula is C20H16F3NO2. The summed E-state index contributed by atoms with van der Waals surface area (Å²) in [4.78, 5) is 12.3. The maximum atomic E-state index is 13.0. The Morgan fingerprint density at radius 3 is 2.38 bits per heavy atom. The van der Waals surface area contributed by atoms with Gasteiger partial charge in [0.25, 0.3) is 5.91 Å². The third-order valence-electron chi connectivity index (χ3n) is 4.10. The van der Waals surface area contributed by atoms with Gasteiger partial charge in [-0.25, -0.2) is 0 Å². The summed E-state index contributed by atoms with van der Waals surface area (Å²) in [6.07, 6.45) is -4.56. The number of aryl methyl sites for hydroxylation is 2. The molecule has 1 amide bonds. The van der Waals surface area contributed by atoms with Gasteiger partial charge in [0.05, 0.1) is 11.3 Å². The molecule has 0 saturated heterocycles. The molecule has 0 radical (unpaired) electrons. The highest BCUT2D eigenvalue weighted by molar-refractivity contribution is 6.03. The van der Waals surface area contributed by atoms with Gasteiger partial charge in [-0.05, 0) is 55.3 Å². The Hall–Kier alpha value is -3.02. The molecule has 26 heavy (non-hydrogen) atoms. The summed E-state index contributed by atoms with van der Waals surface area (Å²) in [6, 6.07) is 13.6. The van der Waals surface area contributed by atoms with E-state index < -0.39 is 17.6 Å². The second kappa shape index (κ2) is 6.71. The van der Waals surface area contributed by atoms with E-state index in [-0.39, 0.29) is 11.4 Å². The molecule has 0 atom stereocenters. The number of carbonyl (C=O) groups is 1. The van der Waals surface area contributed by atoms with E-state index in [9.17, 15) is 18.0 Å². The van der Waals surface area contributed by atoms with Crippen molar-refractivity contribution in [2.45, 2.75) is 20.0 Å². The Morgan fingerprint density at radius 2 is 1.69 bits per heavy atom. The van der Waals surface area contributed by atoms with Gasteiger partial charge in [0.1, 0.15) is 5.76 Å². The summed E-state index contributed by atoms with van der Waals surface area (Å²) in [5, 5.41) is 2.27. The number of furan rings is 1. The number of benzene rings is 2. The fourth-order valence-electron chi connectivity index (χ4n) is 2.53. The fourth-order valence-corrected chi connectivity index (χ4v) is 2.53. The summed E-state index contributed by atoms with van der Waals surface area (Å²) >= 11 is 0. The minimum Gasteiger partial charge on any atom is -0.451 e. The fraction of sp³-hybridized carbons (Fsp3) is 0.150. The van der Waals surface area contributed by atoms with E-state index in [2.05, 4.69) is 5.32 Å². The molecule has 1 aromatic heterocycles. The summed E-state index contributed by atoms with van der Waals surface area (Å²) < 4.78 is 44.6. The number of hydrogen-bond acceptors (Lipinski definition) is 2. The lowest BCUT2D eigenvalue weighted by atomic mass is 10.1. The van der Waals surface area contributed by atoms with E-state index in [4.69, 9.17) is 4.42 Å². The van der Waals surface area contributed by atoms with Gasteiger partial charge in [-0.15, -0.1) is 0 Å². The topological polar surface area (TPSA) is 42.2 Å². The number of para-hydroxylation sites is 1. The van der Waals surface area contributed by atoms with Crippen molar-refractivity contribution in [1.29, 1.82) is 0 Å². The van der Waals surface area contributed by atoms with Crippen molar-refractivity contribution >= 4 is 11.6 Å². The van der Waals surface area contributed by atoms with Crippen LogP contribution >= 0.6 is 0 Å². The average Bonchev–Trinajstić information content (AvgIpc) is 3.07. The Bertz CT molecular complexity index is 958. The Kier molecular flexibility index (Phi) is 4.59. The van der Waals surface area contributed by atoms with E-state index >= 15 is 0 Å². The summed E-state index contributed by atoms with van der Waals surface area (Å²) in [5.74, 6) is -0.325. The molecule has 0 fully saturated rings. The summed E-state index contributed by atoms with van der Waals surface area (Å²) in [6.45, 7) is 3.95. The van der Waals surface area contributed by atoms with Crippen LogP contribution in [-0.2, 0) is 6.18 Å². The van der Waals surface area contributed by atoms with Crippen molar-refractivity contribution in [2.24, 2.45) is 0 Å².